The Morgan fingerprint density at radius 1 is 1.23 bits per heavy atom. The largest absolute Gasteiger partial charge is 0.346 e. The van der Waals surface area contributed by atoms with Crippen LogP contribution < -0.4 is 5.32 Å². The van der Waals surface area contributed by atoms with Crippen LogP contribution in [0.25, 0.3) is 11.0 Å². The van der Waals surface area contributed by atoms with Crippen molar-refractivity contribution in [3.63, 3.8) is 0 Å². The van der Waals surface area contributed by atoms with Crippen LogP contribution in [0.5, 0.6) is 0 Å². The van der Waals surface area contributed by atoms with E-state index in [9.17, 15) is 9.59 Å². The molecule has 2 aromatic rings. The van der Waals surface area contributed by atoms with Crippen LogP contribution in [0, 0.1) is 0 Å². The van der Waals surface area contributed by atoms with Crippen LogP contribution in [0.2, 0.25) is 0 Å². The van der Waals surface area contributed by atoms with Crippen molar-refractivity contribution in [3.8, 4) is 0 Å². The zero-order valence-corrected chi connectivity index (χ0v) is 12.0. The molecule has 0 radical (unpaired) electrons. The number of likely N-dealkylation sites (tertiary alicyclic amines) is 1. The molecule has 2 amide bonds. The molecule has 0 bridgehead atoms. The Morgan fingerprint density at radius 3 is 2.77 bits per heavy atom. The molecule has 1 saturated carbocycles. The number of amides is 2. The minimum absolute atomic E-state index is 0.131. The molecule has 1 saturated heterocycles. The summed E-state index contributed by atoms with van der Waals surface area (Å²) in [6.45, 7) is 0.607. The monoisotopic (exact) mass is 296 g/mol. The maximum Gasteiger partial charge on any atom is 0.271 e. The molecule has 1 aliphatic heterocycles. The van der Waals surface area contributed by atoms with Crippen LogP contribution >= 0.6 is 0 Å². The van der Waals surface area contributed by atoms with Crippen LogP contribution in [0.3, 0.4) is 0 Å². The van der Waals surface area contributed by atoms with E-state index < -0.39 is 0 Å². The first-order valence-electron chi connectivity index (χ1n) is 7.53. The second-order valence-electron chi connectivity index (χ2n) is 5.90. The number of fused-ring (bicyclic) bond motifs is 1. The standard InChI is InChI=1S/C16H16N4O2/c21-15-7-10(9-20(15)11-5-6-11)18-16(22)14-8-17-12-3-1-2-4-13(12)19-14/h1-4,8,10-11H,5-7,9H2,(H,18,22). The number of hydrogen-bond acceptors (Lipinski definition) is 4. The molecule has 4 rings (SSSR count). The summed E-state index contributed by atoms with van der Waals surface area (Å²) in [5, 5.41) is 2.90. The van der Waals surface area contributed by atoms with Gasteiger partial charge >= 0.3 is 0 Å². The van der Waals surface area contributed by atoms with Crippen molar-refractivity contribution < 1.29 is 9.59 Å². The van der Waals surface area contributed by atoms with Gasteiger partial charge < -0.3 is 10.2 Å². The van der Waals surface area contributed by atoms with Gasteiger partial charge in [-0.1, -0.05) is 12.1 Å². The minimum atomic E-state index is -0.270. The molecule has 0 spiro atoms. The Morgan fingerprint density at radius 2 is 2.00 bits per heavy atom. The molecule has 2 heterocycles. The fraction of sp³-hybridized carbons (Fsp3) is 0.375. The first-order chi connectivity index (χ1) is 10.7. The van der Waals surface area contributed by atoms with Crippen molar-refractivity contribution in [2.75, 3.05) is 6.54 Å². The third kappa shape index (κ3) is 2.41. The summed E-state index contributed by atoms with van der Waals surface area (Å²) in [5.41, 5.74) is 1.74. The van der Waals surface area contributed by atoms with E-state index in [4.69, 9.17) is 0 Å². The number of aromatic nitrogens is 2. The third-order valence-corrected chi connectivity index (χ3v) is 4.16. The fourth-order valence-electron chi connectivity index (χ4n) is 2.89. The van der Waals surface area contributed by atoms with Crippen molar-refractivity contribution >= 4 is 22.8 Å². The Bertz CT molecular complexity index is 757. The van der Waals surface area contributed by atoms with Crippen LogP contribution in [-0.2, 0) is 4.79 Å². The summed E-state index contributed by atoms with van der Waals surface area (Å²) in [5.74, 6) is -0.133. The Hall–Kier alpha value is -2.50. The molecule has 1 unspecified atom stereocenters. The predicted molar refractivity (Wildman–Crippen MR) is 80.1 cm³/mol. The van der Waals surface area contributed by atoms with E-state index in [1.807, 2.05) is 29.2 Å². The van der Waals surface area contributed by atoms with Gasteiger partial charge in [0.25, 0.3) is 5.91 Å². The zero-order valence-electron chi connectivity index (χ0n) is 12.0. The van der Waals surface area contributed by atoms with E-state index in [-0.39, 0.29) is 23.6 Å². The molecule has 2 aliphatic rings. The number of nitrogens with one attached hydrogen (secondary N) is 1. The van der Waals surface area contributed by atoms with Crippen molar-refractivity contribution in [3.05, 3.63) is 36.2 Å². The lowest BCUT2D eigenvalue weighted by atomic mass is 10.2. The number of para-hydroxylation sites is 2. The van der Waals surface area contributed by atoms with E-state index >= 15 is 0 Å². The van der Waals surface area contributed by atoms with Crippen molar-refractivity contribution in [2.24, 2.45) is 0 Å². The van der Waals surface area contributed by atoms with Gasteiger partial charge in [-0.25, -0.2) is 4.98 Å². The van der Waals surface area contributed by atoms with E-state index in [2.05, 4.69) is 15.3 Å². The van der Waals surface area contributed by atoms with Gasteiger partial charge in [0, 0.05) is 19.0 Å². The third-order valence-electron chi connectivity index (χ3n) is 4.16. The fourth-order valence-corrected chi connectivity index (χ4v) is 2.89. The van der Waals surface area contributed by atoms with Gasteiger partial charge in [-0.15, -0.1) is 0 Å². The van der Waals surface area contributed by atoms with Gasteiger partial charge in [0.15, 0.2) is 0 Å². The minimum Gasteiger partial charge on any atom is -0.346 e. The molecule has 1 aliphatic carbocycles. The van der Waals surface area contributed by atoms with Crippen LogP contribution in [0.4, 0.5) is 0 Å². The Kier molecular flexibility index (Phi) is 3.03. The summed E-state index contributed by atoms with van der Waals surface area (Å²) in [6.07, 6.45) is 4.03. The summed E-state index contributed by atoms with van der Waals surface area (Å²) in [7, 11) is 0. The smallest absolute Gasteiger partial charge is 0.271 e. The normalized spacial score (nSPS) is 21.4. The molecule has 6 nitrogen and oxygen atoms in total. The lowest BCUT2D eigenvalue weighted by Gasteiger charge is -2.16. The highest BCUT2D eigenvalue weighted by atomic mass is 16.2. The zero-order chi connectivity index (χ0) is 15.1. The maximum atomic E-state index is 12.3. The molecule has 1 atom stereocenters. The molecular formula is C16H16N4O2. The van der Waals surface area contributed by atoms with Gasteiger partial charge in [0.1, 0.15) is 5.69 Å². The highest BCUT2D eigenvalue weighted by Crippen LogP contribution is 2.30. The second kappa shape index (κ2) is 5.05. The lowest BCUT2D eigenvalue weighted by molar-refractivity contribution is -0.128. The van der Waals surface area contributed by atoms with Crippen molar-refractivity contribution in [1.29, 1.82) is 0 Å². The molecule has 6 heteroatoms. The van der Waals surface area contributed by atoms with Crippen molar-refractivity contribution in [1.82, 2.24) is 20.2 Å². The molecule has 1 aromatic heterocycles. The molecule has 2 fully saturated rings. The van der Waals surface area contributed by atoms with Crippen LogP contribution in [0.15, 0.2) is 30.5 Å². The Balaban J connectivity index is 1.48. The summed E-state index contributed by atoms with van der Waals surface area (Å²) in [6, 6.07) is 7.69. The SMILES string of the molecule is O=C(NC1CC(=O)N(C2CC2)C1)c1cnc2ccccc2n1. The van der Waals surface area contributed by atoms with Crippen molar-refractivity contribution in [2.45, 2.75) is 31.3 Å². The number of carbonyl (C=O) groups excluding carboxylic acids is 2. The highest BCUT2D eigenvalue weighted by molar-refractivity contribution is 5.94. The number of carbonyl (C=O) groups is 2. The average molecular weight is 296 g/mol. The van der Waals surface area contributed by atoms with Gasteiger partial charge in [-0.2, -0.15) is 0 Å². The van der Waals surface area contributed by atoms with E-state index in [0.29, 0.717) is 24.5 Å². The van der Waals surface area contributed by atoms with Crippen LogP contribution in [-0.4, -0.2) is 45.3 Å². The van der Waals surface area contributed by atoms with Gasteiger partial charge in [-0.05, 0) is 25.0 Å². The molecular weight excluding hydrogens is 280 g/mol. The van der Waals surface area contributed by atoms with Crippen LogP contribution in [0.1, 0.15) is 29.8 Å². The first-order valence-corrected chi connectivity index (χ1v) is 7.53. The van der Waals surface area contributed by atoms with Gasteiger partial charge in [0.05, 0.1) is 23.3 Å². The predicted octanol–water partition coefficient (Wildman–Crippen LogP) is 1.12. The number of nitrogens with zero attached hydrogens (tertiary/aromatic N) is 3. The second-order valence-corrected chi connectivity index (χ2v) is 5.90. The summed E-state index contributed by atoms with van der Waals surface area (Å²) in [4.78, 5) is 34.7. The first kappa shape index (κ1) is 13.2. The van der Waals surface area contributed by atoms with E-state index in [1.54, 1.807) is 0 Å². The average Bonchev–Trinajstić information content (AvgIpc) is 3.31. The lowest BCUT2D eigenvalue weighted by Crippen LogP contribution is -2.38. The molecule has 1 aromatic carbocycles. The topological polar surface area (TPSA) is 75.2 Å². The quantitative estimate of drug-likeness (QED) is 0.921. The summed E-state index contributed by atoms with van der Waals surface area (Å²) >= 11 is 0. The summed E-state index contributed by atoms with van der Waals surface area (Å²) < 4.78 is 0. The molecule has 112 valence electrons. The van der Waals surface area contributed by atoms with Gasteiger partial charge in [0.2, 0.25) is 5.91 Å². The maximum absolute atomic E-state index is 12.3. The van der Waals surface area contributed by atoms with Gasteiger partial charge in [-0.3, -0.25) is 14.6 Å². The molecule has 1 N–H and O–H groups in total. The molecule has 22 heavy (non-hydrogen) atoms. The number of hydrogen-bond donors (Lipinski definition) is 1. The number of rotatable bonds is 3. The van der Waals surface area contributed by atoms with E-state index in [0.717, 1.165) is 18.4 Å². The Labute approximate surface area is 127 Å². The number of benzene rings is 1. The highest BCUT2D eigenvalue weighted by Gasteiger charge is 2.39. The van der Waals surface area contributed by atoms with E-state index in [1.165, 1.54) is 6.20 Å².